The number of phosphoric ester groups is 2. The molecule has 17 nitrogen and oxygen atoms in total. The van der Waals surface area contributed by atoms with E-state index in [-0.39, 0.29) is 25.7 Å². The predicted molar refractivity (Wildman–Crippen MR) is 414 cm³/mol. The van der Waals surface area contributed by atoms with Gasteiger partial charge in [-0.15, -0.1) is 0 Å². The van der Waals surface area contributed by atoms with Crippen molar-refractivity contribution in [3.63, 3.8) is 0 Å². The molecule has 2 unspecified atom stereocenters. The average Bonchev–Trinajstić information content (AvgIpc) is 0.955. The molecule has 0 heterocycles. The molecule has 0 spiro atoms. The first-order valence-corrected chi connectivity index (χ1v) is 45.5. The Morgan fingerprint density at radius 1 is 0.267 bits per heavy atom. The predicted octanol–water partition coefficient (Wildman–Crippen LogP) is 24.7. The molecule has 19 heteroatoms. The van der Waals surface area contributed by atoms with Crippen molar-refractivity contribution in [1.29, 1.82) is 0 Å². The fraction of sp³-hybridized carbons (Fsp3) is 0.951. The standard InChI is InChI=1S/C82H160O17P2/c1-7-9-11-13-15-17-19-28-36-42-48-54-60-66-81(86)98-77(70-92-79(84)64-58-52-46-40-18-16-14-12-10-8-2)72-96-100(88,89)94-68-76(83)69-95-101(90,91)97-73-78(71-93-80(85)65-59-53-47-41-35-31-27-26-30-34-39-45-51-57-63-75(5)6)99-82(87)67-61-55-49-43-37-32-25-23-21-20-22-24-29-33-38-44-50-56-62-74(3)4/h74-78,83H,7-73H2,1-6H3,(H,88,89)(H,90,91)/t76-,77+,78+/m0/s1. The van der Waals surface area contributed by atoms with E-state index in [9.17, 15) is 43.2 Å². The fourth-order valence-corrected chi connectivity index (χ4v) is 14.3. The zero-order valence-electron chi connectivity index (χ0n) is 66.2. The summed E-state index contributed by atoms with van der Waals surface area (Å²) in [6.45, 7) is 9.70. The number of hydrogen-bond donors (Lipinski definition) is 3. The number of aliphatic hydroxyl groups is 1. The molecule has 0 aliphatic heterocycles. The number of unbranched alkanes of at least 4 members (excludes halogenated alkanes) is 51. The van der Waals surface area contributed by atoms with E-state index >= 15 is 0 Å². The maximum Gasteiger partial charge on any atom is 0.472 e. The fourth-order valence-electron chi connectivity index (χ4n) is 12.7. The summed E-state index contributed by atoms with van der Waals surface area (Å²) in [5.74, 6) is -0.487. The van der Waals surface area contributed by atoms with E-state index in [1.54, 1.807) is 0 Å². The molecular weight excluding hydrogens is 1320 g/mol. The van der Waals surface area contributed by atoms with Crippen LogP contribution in [0.25, 0.3) is 0 Å². The van der Waals surface area contributed by atoms with Crippen LogP contribution in [0.15, 0.2) is 0 Å². The molecule has 101 heavy (non-hydrogen) atoms. The molecule has 0 aliphatic rings. The summed E-state index contributed by atoms with van der Waals surface area (Å²) in [4.78, 5) is 73.0. The minimum atomic E-state index is -4.96. The average molecular weight is 1480 g/mol. The molecule has 0 amide bonds. The van der Waals surface area contributed by atoms with Crippen LogP contribution in [0.4, 0.5) is 0 Å². The molecular formula is C82H160O17P2. The lowest BCUT2D eigenvalue weighted by molar-refractivity contribution is -0.161. The van der Waals surface area contributed by atoms with E-state index in [2.05, 4.69) is 41.5 Å². The van der Waals surface area contributed by atoms with Gasteiger partial charge in [-0.1, -0.05) is 382 Å². The summed E-state index contributed by atoms with van der Waals surface area (Å²) in [7, 11) is -9.92. The third-order valence-electron chi connectivity index (χ3n) is 19.2. The lowest BCUT2D eigenvalue weighted by atomic mass is 10.0. The summed E-state index contributed by atoms with van der Waals surface area (Å²) >= 11 is 0. The molecule has 0 rings (SSSR count). The maximum absolute atomic E-state index is 13.1. The molecule has 0 bridgehead atoms. The van der Waals surface area contributed by atoms with Crippen LogP contribution in [0.1, 0.15) is 433 Å². The second-order valence-electron chi connectivity index (χ2n) is 30.5. The summed E-state index contributed by atoms with van der Waals surface area (Å²) in [5, 5.41) is 10.6. The van der Waals surface area contributed by atoms with E-state index in [1.165, 1.54) is 250 Å². The topological polar surface area (TPSA) is 237 Å². The van der Waals surface area contributed by atoms with Crippen molar-refractivity contribution in [3.8, 4) is 0 Å². The Morgan fingerprint density at radius 2 is 0.455 bits per heavy atom. The van der Waals surface area contributed by atoms with Gasteiger partial charge in [0, 0.05) is 25.7 Å². The number of phosphoric acid groups is 2. The number of aliphatic hydroxyl groups excluding tert-OH is 1. The quantitative estimate of drug-likeness (QED) is 0.0222. The SMILES string of the molecule is CCCCCCCCCCCCCCCC(=O)O[C@H](COC(=O)CCCCCCCCCCCC)COP(=O)(O)OC[C@H](O)COP(=O)(O)OC[C@@H](COC(=O)CCCCCCCCCCCCCCCCC(C)C)OC(=O)CCCCCCCCCCCCCCCCCCCCC(C)C. The van der Waals surface area contributed by atoms with Crippen molar-refractivity contribution in [2.75, 3.05) is 39.6 Å². The summed E-state index contributed by atoms with van der Waals surface area (Å²) in [6.07, 6.45) is 63.8. The van der Waals surface area contributed by atoms with Gasteiger partial charge in [0.1, 0.15) is 19.3 Å². The molecule has 5 atom stereocenters. The van der Waals surface area contributed by atoms with Crippen LogP contribution in [0.2, 0.25) is 0 Å². The second-order valence-corrected chi connectivity index (χ2v) is 33.4. The molecule has 0 saturated heterocycles. The Bertz CT molecular complexity index is 1940. The highest BCUT2D eigenvalue weighted by Gasteiger charge is 2.30. The first-order valence-electron chi connectivity index (χ1n) is 42.5. The molecule has 0 aromatic carbocycles. The summed E-state index contributed by atoms with van der Waals surface area (Å²) in [6, 6.07) is 0. The molecule has 0 saturated carbocycles. The van der Waals surface area contributed by atoms with Crippen LogP contribution >= 0.6 is 15.6 Å². The van der Waals surface area contributed by atoms with Crippen molar-refractivity contribution < 1.29 is 80.2 Å². The van der Waals surface area contributed by atoms with Crippen molar-refractivity contribution in [1.82, 2.24) is 0 Å². The lowest BCUT2D eigenvalue weighted by Crippen LogP contribution is -2.30. The van der Waals surface area contributed by atoms with Crippen molar-refractivity contribution in [3.05, 3.63) is 0 Å². The van der Waals surface area contributed by atoms with E-state index in [0.717, 1.165) is 102 Å². The van der Waals surface area contributed by atoms with Gasteiger partial charge >= 0.3 is 39.5 Å². The Hall–Kier alpha value is -1.94. The third-order valence-corrected chi connectivity index (χ3v) is 21.1. The van der Waals surface area contributed by atoms with Gasteiger partial charge in [-0.05, 0) is 37.5 Å². The van der Waals surface area contributed by atoms with E-state index < -0.39 is 97.5 Å². The minimum Gasteiger partial charge on any atom is -0.462 e. The third kappa shape index (κ3) is 76.1. The Kier molecular flexibility index (Phi) is 72.2. The van der Waals surface area contributed by atoms with Crippen LogP contribution in [0, 0.1) is 11.8 Å². The van der Waals surface area contributed by atoms with Gasteiger partial charge in [0.15, 0.2) is 12.2 Å². The first kappa shape index (κ1) is 99.1. The number of carbonyl (C=O) groups excluding carboxylic acids is 4. The van der Waals surface area contributed by atoms with E-state index in [1.807, 2.05) is 0 Å². The number of carbonyl (C=O) groups is 4. The molecule has 0 aliphatic carbocycles. The van der Waals surface area contributed by atoms with Crippen molar-refractivity contribution >= 4 is 39.5 Å². The Labute approximate surface area is 619 Å². The number of hydrogen-bond acceptors (Lipinski definition) is 15. The maximum atomic E-state index is 13.1. The van der Waals surface area contributed by atoms with Crippen LogP contribution < -0.4 is 0 Å². The molecule has 0 fully saturated rings. The molecule has 0 radical (unpaired) electrons. The highest BCUT2D eigenvalue weighted by atomic mass is 31.2. The number of rotatable bonds is 81. The normalized spacial score (nSPS) is 13.9. The zero-order chi connectivity index (χ0) is 74.2. The van der Waals surface area contributed by atoms with Gasteiger partial charge in [0.25, 0.3) is 0 Å². The van der Waals surface area contributed by atoms with Gasteiger partial charge in [0.05, 0.1) is 26.4 Å². The first-order chi connectivity index (χ1) is 48.9. The van der Waals surface area contributed by atoms with Gasteiger partial charge in [0.2, 0.25) is 0 Å². The molecule has 3 N–H and O–H groups in total. The highest BCUT2D eigenvalue weighted by molar-refractivity contribution is 7.47. The van der Waals surface area contributed by atoms with E-state index in [0.29, 0.717) is 25.7 Å². The van der Waals surface area contributed by atoms with Gasteiger partial charge in [-0.3, -0.25) is 37.3 Å². The van der Waals surface area contributed by atoms with Gasteiger partial charge in [-0.2, -0.15) is 0 Å². The van der Waals surface area contributed by atoms with Crippen LogP contribution in [0.5, 0.6) is 0 Å². The van der Waals surface area contributed by atoms with Crippen LogP contribution in [-0.4, -0.2) is 96.7 Å². The van der Waals surface area contributed by atoms with Crippen LogP contribution in [-0.2, 0) is 65.4 Å². The van der Waals surface area contributed by atoms with Crippen LogP contribution in [0.3, 0.4) is 0 Å². The summed E-state index contributed by atoms with van der Waals surface area (Å²) < 4.78 is 68.7. The van der Waals surface area contributed by atoms with Gasteiger partial charge in [-0.25, -0.2) is 9.13 Å². The molecule has 0 aromatic heterocycles. The monoisotopic (exact) mass is 1480 g/mol. The largest absolute Gasteiger partial charge is 0.472 e. The molecule has 0 aromatic rings. The van der Waals surface area contributed by atoms with Crippen molar-refractivity contribution in [2.45, 2.75) is 452 Å². The minimum absolute atomic E-state index is 0.108. The second kappa shape index (κ2) is 73.6. The van der Waals surface area contributed by atoms with Crippen molar-refractivity contribution in [2.24, 2.45) is 11.8 Å². The lowest BCUT2D eigenvalue weighted by Gasteiger charge is -2.21. The number of esters is 4. The Morgan fingerprint density at radius 3 is 0.673 bits per heavy atom. The molecule has 600 valence electrons. The highest BCUT2D eigenvalue weighted by Crippen LogP contribution is 2.45. The summed E-state index contributed by atoms with van der Waals surface area (Å²) in [5.41, 5.74) is 0. The van der Waals surface area contributed by atoms with Gasteiger partial charge < -0.3 is 33.8 Å². The van der Waals surface area contributed by atoms with E-state index in [4.69, 9.17) is 37.0 Å². The Balaban J connectivity index is 5.22. The number of ether oxygens (including phenoxy) is 4. The zero-order valence-corrected chi connectivity index (χ0v) is 68.0. The smallest absolute Gasteiger partial charge is 0.462 e.